The van der Waals surface area contributed by atoms with Crippen molar-refractivity contribution in [2.45, 2.75) is 27.1 Å². The second-order valence-corrected chi connectivity index (χ2v) is 3.58. The summed E-state index contributed by atoms with van der Waals surface area (Å²) in [7, 11) is 0. The Morgan fingerprint density at radius 1 is 1.36 bits per heavy atom. The molecule has 0 aromatic rings. The zero-order valence-electron chi connectivity index (χ0n) is 7.52. The zero-order chi connectivity index (χ0) is 8.48. The van der Waals surface area contributed by atoms with Gasteiger partial charge in [0.15, 0.2) is 6.29 Å². The van der Waals surface area contributed by atoms with Gasteiger partial charge in [-0.3, -0.25) is 0 Å². The van der Waals surface area contributed by atoms with Crippen LogP contribution in [0.5, 0.6) is 0 Å². The molecule has 1 aliphatic rings. The fraction of sp³-hybridized carbons (Fsp3) is 0.778. The summed E-state index contributed by atoms with van der Waals surface area (Å²) in [5, 5.41) is 0. The first-order valence-electron chi connectivity index (χ1n) is 3.94. The highest BCUT2D eigenvalue weighted by Crippen LogP contribution is 2.33. The molecule has 1 saturated heterocycles. The summed E-state index contributed by atoms with van der Waals surface area (Å²) >= 11 is 0. The third-order valence-electron chi connectivity index (χ3n) is 2.31. The zero-order valence-corrected chi connectivity index (χ0v) is 7.52. The van der Waals surface area contributed by atoms with Crippen molar-refractivity contribution < 1.29 is 9.47 Å². The van der Waals surface area contributed by atoms with Crippen molar-refractivity contribution >= 4 is 0 Å². The van der Waals surface area contributed by atoms with Crippen molar-refractivity contribution in [1.82, 2.24) is 0 Å². The summed E-state index contributed by atoms with van der Waals surface area (Å²) < 4.78 is 10.8. The first-order chi connectivity index (χ1) is 5.05. The number of hydrogen-bond acceptors (Lipinski definition) is 2. The van der Waals surface area contributed by atoms with E-state index in [4.69, 9.17) is 9.47 Å². The predicted octanol–water partition coefficient (Wildman–Crippen LogP) is 1.96. The molecule has 0 aliphatic carbocycles. The van der Waals surface area contributed by atoms with Gasteiger partial charge in [-0.25, -0.2) is 0 Å². The van der Waals surface area contributed by atoms with Crippen LogP contribution in [0.1, 0.15) is 20.8 Å². The molecule has 0 radical (unpaired) electrons. The molecule has 0 amide bonds. The van der Waals surface area contributed by atoms with Gasteiger partial charge in [-0.05, 0) is 6.92 Å². The predicted molar refractivity (Wildman–Crippen MR) is 44.3 cm³/mol. The summed E-state index contributed by atoms with van der Waals surface area (Å²) in [4.78, 5) is 0. The average Bonchev–Trinajstić information content (AvgIpc) is 2.37. The lowest BCUT2D eigenvalue weighted by Crippen LogP contribution is -2.30. The van der Waals surface area contributed by atoms with E-state index in [1.54, 1.807) is 0 Å². The Morgan fingerprint density at radius 3 is 2.18 bits per heavy atom. The minimum absolute atomic E-state index is 0.0590. The SMILES string of the molecule is C=C(C)C(C)(C)C1OCCO1. The summed E-state index contributed by atoms with van der Waals surface area (Å²) in [6.45, 7) is 11.5. The lowest BCUT2D eigenvalue weighted by atomic mass is 9.85. The van der Waals surface area contributed by atoms with Crippen molar-refractivity contribution in [3.63, 3.8) is 0 Å². The van der Waals surface area contributed by atoms with Gasteiger partial charge in [0.25, 0.3) is 0 Å². The Bertz CT molecular complexity index is 155. The maximum Gasteiger partial charge on any atom is 0.166 e. The molecule has 0 unspecified atom stereocenters. The number of ether oxygens (including phenoxy) is 2. The molecule has 2 heteroatoms. The van der Waals surface area contributed by atoms with E-state index in [-0.39, 0.29) is 11.7 Å². The molecule has 0 aromatic carbocycles. The molecular formula is C9H16O2. The quantitative estimate of drug-likeness (QED) is 0.569. The van der Waals surface area contributed by atoms with Crippen LogP contribution in [-0.4, -0.2) is 19.5 Å². The Morgan fingerprint density at radius 2 is 1.82 bits per heavy atom. The van der Waals surface area contributed by atoms with Crippen LogP contribution in [0.15, 0.2) is 12.2 Å². The van der Waals surface area contributed by atoms with Gasteiger partial charge in [-0.2, -0.15) is 0 Å². The summed E-state index contributed by atoms with van der Waals surface area (Å²) in [5.74, 6) is 0. The smallest absolute Gasteiger partial charge is 0.166 e. The fourth-order valence-corrected chi connectivity index (χ4v) is 0.976. The third-order valence-corrected chi connectivity index (χ3v) is 2.31. The van der Waals surface area contributed by atoms with Gasteiger partial charge in [-0.15, -0.1) is 0 Å². The van der Waals surface area contributed by atoms with Gasteiger partial charge >= 0.3 is 0 Å². The molecular weight excluding hydrogens is 140 g/mol. The van der Waals surface area contributed by atoms with Crippen LogP contribution >= 0.6 is 0 Å². The first kappa shape index (κ1) is 8.75. The molecule has 64 valence electrons. The van der Waals surface area contributed by atoms with Crippen LogP contribution in [0.4, 0.5) is 0 Å². The maximum atomic E-state index is 5.40. The van der Waals surface area contributed by atoms with E-state index in [2.05, 4.69) is 20.4 Å². The average molecular weight is 156 g/mol. The second-order valence-electron chi connectivity index (χ2n) is 3.58. The largest absolute Gasteiger partial charge is 0.349 e. The molecule has 1 fully saturated rings. The summed E-state index contributed by atoms with van der Waals surface area (Å²) in [5.41, 5.74) is 1.04. The Kier molecular flexibility index (Phi) is 2.35. The van der Waals surface area contributed by atoms with E-state index in [0.717, 1.165) is 5.57 Å². The van der Waals surface area contributed by atoms with Gasteiger partial charge in [0.05, 0.1) is 13.2 Å². The highest BCUT2D eigenvalue weighted by Gasteiger charge is 2.34. The van der Waals surface area contributed by atoms with Gasteiger partial charge in [-0.1, -0.05) is 26.0 Å². The van der Waals surface area contributed by atoms with Crippen LogP contribution < -0.4 is 0 Å². The Hall–Kier alpha value is -0.340. The lowest BCUT2D eigenvalue weighted by molar-refractivity contribution is -0.105. The fourth-order valence-electron chi connectivity index (χ4n) is 0.976. The van der Waals surface area contributed by atoms with Crippen LogP contribution in [0.3, 0.4) is 0 Å². The van der Waals surface area contributed by atoms with Gasteiger partial charge in [0.2, 0.25) is 0 Å². The van der Waals surface area contributed by atoms with E-state index in [9.17, 15) is 0 Å². The van der Waals surface area contributed by atoms with E-state index in [1.165, 1.54) is 0 Å². The third kappa shape index (κ3) is 1.63. The highest BCUT2D eigenvalue weighted by molar-refractivity contribution is 5.05. The number of hydrogen-bond donors (Lipinski definition) is 0. The molecule has 0 aromatic heterocycles. The van der Waals surface area contributed by atoms with Crippen molar-refractivity contribution in [2.75, 3.05) is 13.2 Å². The van der Waals surface area contributed by atoms with Crippen LogP contribution in [0.25, 0.3) is 0 Å². The minimum atomic E-state index is -0.0972. The minimum Gasteiger partial charge on any atom is -0.349 e. The van der Waals surface area contributed by atoms with Gasteiger partial charge in [0.1, 0.15) is 0 Å². The molecule has 0 bridgehead atoms. The van der Waals surface area contributed by atoms with Gasteiger partial charge in [0, 0.05) is 5.41 Å². The van der Waals surface area contributed by atoms with Crippen molar-refractivity contribution in [3.8, 4) is 0 Å². The molecule has 1 aliphatic heterocycles. The molecule has 11 heavy (non-hydrogen) atoms. The molecule has 0 saturated carbocycles. The second kappa shape index (κ2) is 2.95. The van der Waals surface area contributed by atoms with E-state index < -0.39 is 0 Å². The molecule has 1 heterocycles. The van der Waals surface area contributed by atoms with Gasteiger partial charge < -0.3 is 9.47 Å². The lowest BCUT2D eigenvalue weighted by Gasteiger charge is -2.30. The normalized spacial score (nSPS) is 20.6. The number of rotatable bonds is 2. The maximum absolute atomic E-state index is 5.40. The molecule has 0 N–H and O–H groups in total. The molecule has 0 atom stereocenters. The first-order valence-corrected chi connectivity index (χ1v) is 3.94. The standard InChI is InChI=1S/C9H16O2/c1-7(2)9(3,4)8-10-5-6-11-8/h8H,1,5-6H2,2-4H3. The molecule has 1 rings (SSSR count). The highest BCUT2D eigenvalue weighted by atomic mass is 16.7. The topological polar surface area (TPSA) is 18.5 Å². The summed E-state index contributed by atoms with van der Waals surface area (Å²) in [6, 6.07) is 0. The molecule has 2 nitrogen and oxygen atoms in total. The van der Waals surface area contributed by atoms with E-state index >= 15 is 0 Å². The van der Waals surface area contributed by atoms with E-state index in [0.29, 0.717) is 13.2 Å². The van der Waals surface area contributed by atoms with E-state index in [1.807, 2.05) is 6.92 Å². The monoisotopic (exact) mass is 156 g/mol. The summed E-state index contributed by atoms with van der Waals surface area (Å²) in [6.07, 6.45) is -0.0972. The Balaban J connectivity index is 2.62. The Labute approximate surface area is 68.2 Å². The van der Waals surface area contributed by atoms with Crippen LogP contribution in [0, 0.1) is 5.41 Å². The molecule has 0 spiro atoms. The van der Waals surface area contributed by atoms with Crippen molar-refractivity contribution in [2.24, 2.45) is 5.41 Å². The van der Waals surface area contributed by atoms with Crippen LogP contribution in [0.2, 0.25) is 0 Å². The van der Waals surface area contributed by atoms with Crippen molar-refractivity contribution in [1.29, 1.82) is 0 Å². The van der Waals surface area contributed by atoms with Crippen LogP contribution in [-0.2, 0) is 9.47 Å². The van der Waals surface area contributed by atoms with Crippen molar-refractivity contribution in [3.05, 3.63) is 12.2 Å².